The summed E-state index contributed by atoms with van der Waals surface area (Å²) in [4.78, 5) is 25.9. The fourth-order valence-corrected chi connectivity index (χ4v) is 3.12. The lowest BCUT2D eigenvalue weighted by Crippen LogP contribution is -2.21. The van der Waals surface area contributed by atoms with Crippen LogP contribution in [0.15, 0.2) is 46.9 Å². The molecule has 2 rings (SSSR count). The van der Waals surface area contributed by atoms with Crippen molar-refractivity contribution in [1.29, 1.82) is 0 Å². The third-order valence-corrected chi connectivity index (χ3v) is 4.87. The number of hydrogen-bond donors (Lipinski definition) is 1. The summed E-state index contributed by atoms with van der Waals surface area (Å²) in [7, 11) is 3.41. The number of rotatable bonds is 9. The number of nitrogens with one attached hydrogen (secondary N) is 1. The van der Waals surface area contributed by atoms with Gasteiger partial charge in [0, 0.05) is 30.9 Å². The van der Waals surface area contributed by atoms with E-state index in [0.717, 1.165) is 23.1 Å². The molecule has 0 aliphatic rings. The Bertz CT molecular complexity index is 804. The Labute approximate surface area is 175 Å². The minimum absolute atomic E-state index is 0.0768. The summed E-state index contributed by atoms with van der Waals surface area (Å²) >= 11 is 3.48. The molecule has 1 N–H and O–H groups in total. The smallest absolute Gasteiger partial charge is 0.255 e. The second-order valence-electron chi connectivity index (χ2n) is 6.79. The number of benzene rings is 2. The third kappa shape index (κ3) is 6.37. The van der Waals surface area contributed by atoms with Crippen molar-refractivity contribution in [3.8, 4) is 5.75 Å². The Morgan fingerprint density at radius 2 is 1.68 bits per heavy atom. The van der Waals surface area contributed by atoms with Crippen LogP contribution in [0.4, 0.5) is 5.69 Å². The van der Waals surface area contributed by atoms with Gasteiger partial charge < -0.3 is 15.0 Å². The zero-order valence-corrected chi connectivity index (χ0v) is 18.2. The van der Waals surface area contributed by atoms with Crippen LogP contribution in [0, 0.1) is 0 Å². The summed E-state index contributed by atoms with van der Waals surface area (Å²) in [6, 6.07) is 12.1. The van der Waals surface area contributed by atoms with Crippen molar-refractivity contribution in [2.45, 2.75) is 32.6 Å². The second-order valence-corrected chi connectivity index (χ2v) is 7.64. The molecule has 2 amide bonds. The van der Waals surface area contributed by atoms with Crippen molar-refractivity contribution in [3.05, 3.63) is 58.1 Å². The summed E-state index contributed by atoms with van der Waals surface area (Å²) in [6.45, 7) is 2.85. The first-order valence-corrected chi connectivity index (χ1v) is 10.3. The van der Waals surface area contributed by atoms with Gasteiger partial charge in [-0.25, -0.2) is 0 Å². The molecule has 0 bridgehead atoms. The first-order valence-electron chi connectivity index (χ1n) is 9.47. The molecule has 6 heteroatoms. The van der Waals surface area contributed by atoms with Gasteiger partial charge in [-0.1, -0.05) is 26.2 Å². The molecule has 150 valence electrons. The third-order valence-electron chi connectivity index (χ3n) is 4.25. The summed E-state index contributed by atoms with van der Waals surface area (Å²) in [6.07, 6.45) is 4.60. The van der Waals surface area contributed by atoms with Crippen LogP contribution in [0.3, 0.4) is 0 Å². The highest BCUT2D eigenvalue weighted by Crippen LogP contribution is 2.27. The maximum absolute atomic E-state index is 12.5. The number of anilines is 1. The topological polar surface area (TPSA) is 58.6 Å². The number of halogens is 1. The van der Waals surface area contributed by atoms with Gasteiger partial charge in [0.2, 0.25) is 0 Å². The zero-order valence-electron chi connectivity index (χ0n) is 16.6. The molecule has 0 saturated carbocycles. The molecule has 0 atom stereocenters. The molecule has 5 nitrogen and oxygen atoms in total. The Balaban J connectivity index is 1.95. The fraction of sp³-hybridized carbons (Fsp3) is 0.364. The van der Waals surface area contributed by atoms with E-state index in [9.17, 15) is 9.59 Å². The molecule has 0 spiro atoms. The molecular formula is C22H27BrN2O3. The predicted molar refractivity (Wildman–Crippen MR) is 116 cm³/mol. The van der Waals surface area contributed by atoms with E-state index in [0.29, 0.717) is 23.4 Å². The van der Waals surface area contributed by atoms with Crippen LogP contribution in [0.1, 0.15) is 53.3 Å². The Morgan fingerprint density at radius 1 is 1.00 bits per heavy atom. The molecule has 2 aromatic rings. The number of unbranched alkanes of at least 4 members (excludes halogenated alkanes) is 3. The van der Waals surface area contributed by atoms with Crippen LogP contribution in [-0.4, -0.2) is 37.4 Å². The van der Waals surface area contributed by atoms with Crippen molar-refractivity contribution >= 4 is 33.4 Å². The number of nitrogens with zero attached hydrogens (tertiary/aromatic N) is 1. The molecule has 0 fully saturated rings. The number of ether oxygens (including phenoxy) is 1. The van der Waals surface area contributed by atoms with E-state index in [1.165, 1.54) is 17.7 Å². The summed E-state index contributed by atoms with van der Waals surface area (Å²) in [5.74, 6) is 0.438. The van der Waals surface area contributed by atoms with Gasteiger partial charge in [-0.3, -0.25) is 9.59 Å². The van der Waals surface area contributed by atoms with Gasteiger partial charge in [0.1, 0.15) is 5.75 Å². The van der Waals surface area contributed by atoms with E-state index in [-0.39, 0.29) is 11.8 Å². The van der Waals surface area contributed by atoms with Crippen LogP contribution in [0.5, 0.6) is 5.75 Å². The highest BCUT2D eigenvalue weighted by atomic mass is 79.9. The largest absolute Gasteiger partial charge is 0.492 e. The quantitative estimate of drug-likeness (QED) is 0.527. The average molecular weight is 447 g/mol. The SMILES string of the molecule is CCCCCCOc1ccc(C(=O)Nc2ccc(C(=O)N(C)C)cc2)cc1Br. The predicted octanol–water partition coefficient (Wildman–Crippen LogP) is 5.36. The summed E-state index contributed by atoms with van der Waals surface area (Å²) < 4.78 is 6.53. The highest BCUT2D eigenvalue weighted by molar-refractivity contribution is 9.10. The monoisotopic (exact) mass is 446 g/mol. The van der Waals surface area contributed by atoms with Gasteiger partial charge in [-0.15, -0.1) is 0 Å². The van der Waals surface area contributed by atoms with Crippen LogP contribution < -0.4 is 10.1 Å². The maximum atomic E-state index is 12.5. The van der Waals surface area contributed by atoms with Gasteiger partial charge in [0.15, 0.2) is 0 Å². The van der Waals surface area contributed by atoms with Crippen LogP contribution in [0.25, 0.3) is 0 Å². The van der Waals surface area contributed by atoms with Crippen LogP contribution in [-0.2, 0) is 0 Å². The maximum Gasteiger partial charge on any atom is 0.255 e. The Kier molecular flexibility index (Phi) is 8.51. The fourth-order valence-electron chi connectivity index (χ4n) is 2.63. The summed E-state index contributed by atoms with van der Waals surface area (Å²) in [5, 5.41) is 2.84. The van der Waals surface area contributed by atoms with E-state index in [2.05, 4.69) is 28.2 Å². The van der Waals surface area contributed by atoms with E-state index in [1.54, 1.807) is 56.6 Å². The van der Waals surface area contributed by atoms with Crippen LogP contribution in [0.2, 0.25) is 0 Å². The standard InChI is InChI=1S/C22H27BrN2O3/c1-4-5-6-7-14-28-20-13-10-17(15-19(20)23)21(26)24-18-11-8-16(9-12-18)22(27)25(2)3/h8-13,15H,4-7,14H2,1-3H3,(H,24,26). The van der Waals surface area contributed by atoms with E-state index < -0.39 is 0 Å². The molecule has 2 aromatic carbocycles. The van der Waals surface area contributed by atoms with Crippen molar-refractivity contribution in [3.63, 3.8) is 0 Å². The molecule has 0 unspecified atom stereocenters. The van der Waals surface area contributed by atoms with Gasteiger partial charge in [-0.2, -0.15) is 0 Å². The minimum Gasteiger partial charge on any atom is -0.492 e. The van der Waals surface area contributed by atoms with E-state index >= 15 is 0 Å². The van der Waals surface area contributed by atoms with Crippen molar-refractivity contribution in [2.75, 3.05) is 26.0 Å². The van der Waals surface area contributed by atoms with E-state index in [1.807, 2.05) is 0 Å². The van der Waals surface area contributed by atoms with Gasteiger partial charge in [0.25, 0.3) is 11.8 Å². The normalized spacial score (nSPS) is 10.4. The highest BCUT2D eigenvalue weighted by Gasteiger charge is 2.11. The molecule has 0 aromatic heterocycles. The second kappa shape index (κ2) is 10.9. The Hall–Kier alpha value is -2.34. The van der Waals surface area contributed by atoms with E-state index in [4.69, 9.17) is 4.74 Å². The first kappa shape index (κ1) is 22.0. The zero-order chi connectivity index (χ0) is 20.5. The van der Waals surface area contributed by atoms with Crippen molar-refractivity contribution < 1.29 is 14.3 Å². The van der Waals surface area contributed by atoms with Gasteiger partial charge in [-0.05, 0) is 64.8 Å². The lowest BCUT2D eigenvalue weighted by atomic mass is 10.1. The lowest BCUT2D eigenvalue weighted by Gasteiger charge is -2.12. The average Bonchev–Trinajstić information content (AvgIpc) is 2.68. The number of carbonyl (C=O) groups is 2. The van der Waals surface area contributed by atoms with Gasteiger partial charge in [0.05, 0.1) is 11.1 Å². The van der Waals surface area contributed by atoms with Gasteiger partial charge >= 0.3 is 0 Å². The molecule has 0 radical (unpaired) electrons. The molecule has 0 heterocycles. The van der Waals surface area contributed by atoms with Crippen LogP contribution >= 0.6 is 15.9 Å². The molecule has 28 heavy (non-hydrogen) atoms. The Morgan fingerprint density at radius 3 is 2.29 bits per heavy atom. The number of hydrogen-bond acceptors (Lipinski definition) is 3. The molecule has 0 aliphatic carbocycles. The summed E-state index contributed by atoms with van der Waals surface area (Å²) in [5.41, 5.74) is 1.73. The number of carbonyl (C=O) groups excluding carboxylic acids is 2. The molecular weight excluding hydrogens is 420 g/mol. The lowest BCUT2D eigenvalue weighted by molar-refractivity contribution is 0.0827. The number of amides is 2. The van der Waals surface area contributed by atoms with Crippen molar-refractivity contribution in [2.24, 2.45) is 0 Å². The van der Waals surface area contributed by atoms with Crippen molar-refractivity contribution in [1.82, 2.24) is 4.90 Å². The molecule has 0 aliphatic heterocycles. The molecule has 0 saturated heterocycles. The first-order chi connectivity index (χ1) is 13.4. The minimum atomic E-state index is -0.220.